The second-order valence-electron chi connectivity index (χ2n) is 4.47. The molecule has 0 radical (unpaired) electrons. The molecule has 0 spiro atoms. The largest absolute Gasteiger partial charge is 0.390 e. The van der Waals surface area contributed by atoms with Crippen molar-refractivity contribution in [1.29, 1.82) is 0 Å². The lowest BCUT2D eigenvalue weighted by atomic mass is 10.2. The van der Waals surface area contributed by atoms with E-state index >= 15 is 0 Å². The van der Waals surface area contributed by atoms with Crippen molar-refractivity contribution >= 4 is 0 Å². The van der Waals surface area contributed by atoms with Gasteiger partial charge in [0, 0.05) is 13.2 Å². The predicted molar refractivity (Wildman–Crippen MR) is 60.7 cm³/mol. The molecule has 5 nitrogen and oxygen atoms in total. The molecule has 2 atom stereocenters. The fourth-order valence-corrected chi connectivity index (χ4v) is 1.65. The highest BCUT2D eigenvalue weighted by molar-refractivity contribution is 4.70. The van der Waals surface area contributed by atoms with Crippen LogP contribution in [-0.2, 0) is 9.47 Å². The maximum Gasteiger partial charge on any atom is 0.282 e. The third kappa shape index (κ3) is 6.55. The van der Waals surface area contributed by atoms with Crippen molar-refractivity contribution in [1.82, 2.24) is 5.32 Å². The van der Waals surface area contributed by atoms with Crippen molar-refractivity contribution < 1.29 is 28.5 Å². The quantitative estimate of drug-likeness (QED) is 0.539. The molecule has 108 valence electrons. The Morgan fingerprint density at radius 3 is 2.89 bits per heavy atom. The second kappa shape index (κ2) is 7.96. The Kier molecular flexibility index (Phi) is 6.95. The van der Waals surface area contributed by atoms with Gasteiger partial charge in [-0.3, -0.25) is 0 Å². The number of hydrogen-bond acceptors (Lipinski definition) is 5. The number of aliphatic hydroxyl groups excluding tert-OH is 2. The molecule has 0 bridgehead atoms. The summed E-state index contributed by atoms with van der Waals surface area (Å²) in [5.74, 6) is -3.15. The number of ether oxygens (including phenoxy) is 2. The zero-order valence-electron chi connectivity index (χ0n) is 10.3. The zero-order valence-corrected chi connectivity index (χ0v) is 10.3. The summed E-state index contributed by atoms with van der Waals surface area (Å²) in [5.41, 5.74) is 0. The van der Waals surface area contributed by atoms with Gasteiger partial charge in [-0.2, -0.15) is 0 Å². The van der Waals surface area contributed by atoms with Crippen molar-refractivity contribution in [2.75, 3.05) is 39.5 Å². The first-order valence-electron chi connectivity index (χ1n) is 6.10. The summed E-state index contributed by atoms with van der Waals surface area (Å²) in [4.78, 5) is 0. The summed E-state index contributed by atoms with van der Waals surface area (Å²) in [7, 11) is 0. The molecule has 1 rings (SSSR count). The Morgan fingerprint density at radius 1 is 1.50 bits per heavy atom. The standard InChI is InChI=1S/C11H21F2NO4/c12-11(13,8-15)7-14-4-9(16)5-17-6-10-2-1-3-18-10/h9-10,14-16H,1-8H2. The number of halogens is 2. The molecule has 0 aromatic heterocycles. The summed E-state index contributed by atoms with van der Waals surface area (Å²) in [6.07, 6.45) is 1.22. The molecule has 0 aliphatic carbocycles. The Morgan fingerprint density at radius 2 is 2.28 bits per heavy atom. The predicted octanol–water partition coefficient (Wildman–Crippen LogP) is -0.240. The smallest absolute Gasteiger partial charge is 0.282 e. The van der Waals surface area contributed by atoms with Crippen LogP contribution in [0.15, 0.2) is 0 Å². The summed E-state index contributed by atoms with van der Waals surface area (Å²) >= 11 is 0. The fraction of sp³-hybridized carbons (Fsp3) is 1.00. The SMILES string of the molecule is OCC(F)(F)CNCC(O)COCC1CCCO1. The van der Waals surface area contributed by atoms with E-state index in [-0.39, 0.29) is 19.3 Å². The van der Waals surface area contributed by atoms with Crippen LogP contribution in [0, 0.1) is 0 Å². The number of aliphatic hydroxyl groups is 2. The maximum absolute atomic E-state index is 12.6. The molecule has 7 heteroatoms. The van der Waals surface area contributed by atoms with Crippen molar-refractivity contribution in [2.24, 2.45) is 0 Å². The van der Waals surface area contributed by atoms with Crippen LogP contribution < -0.4 is 5.32 Å². The number of hydrogen-bond donors (Lipinski definition) is 3. The molecule has 2 unspecified atom stereocenters. The van der Waals surface area contributed by atoms with E-state index in [1.165, 1.54) is 0 Å². The van der Waals surface area contributed by atoms with Crippen LogP contribution in [0.25, 0.3) is 0 Å². The minimum absolute atomic E-state index is 0.00110. The summed E-state index contributed by atoms with van der Waals surface area (Å²) in [6.45, 7) is -0.616. The highest BCUT2D eigenvalue weighted by Gasteiger charge is 2.27. The fourth-order valence-electron chi connectivity index (χ4n) is 1.65. The van der Waals surface area contributed by atoms with Crippen molar-refractivity contribution in [3.8, 4) is 0 Å². The monoisotopic (exact) mass is 269 g/mol. The average molecular weight is 269 g/mol. The summed E-state index contributed by atoms with van der Waals surface area (Å²) in [5, 5.41) is 20.2. The normalized spacial score (nSPS) is 22.3. The second-order valence-corrected chi connectivity index (χ2v) is 4.47. The van der Waals surface area contributed by atoms with Crippen molar-refractivity contribution in [3.63, 3.8) is 0 Å². The van der Waals surface area contributed by atoms with Crippen LogP contribution in [0.1, 0.15) is 12.8 Å². The highest BCUT2D eigenvalue weighted by atomic mass is 19.3. The molecule has 1 aliphatic heterocycles. The first-order valence-corrected chi connectivity index (χ1v) is 6.10. The summed E-state index contributed by atoms with van der Waals surface area (Å²) < 4.78 is 35.8. The molecule has 1 saturated heterocycles. The van der Waals surface area contributed by atoms with E-state index in [0.29, 0.717) is 6.61 Å². The molecular formula is C11H21F2NO4. The van der Waals surface area contributed by atoms with Crippen LogP contribution >= 0.6 is 0 Å². The lowest BCUT2D eigenvalue weighted by molar-refractivity contribution is -0.0517. The van der Waals surface area contributed by atoms with Crippen LogP contribution in [0.3, 0.4) is 0 Å². The molecule has 0 aromatic rings. The van der Waals surface area contributed by atoms with Crippen LogP contribution in [0.2, 0.25) is 0 Å². The van der Waals surface area contributed by atoms with Gasteiger partial charge in [0.1, 0.15) is 6.61 Å². The molecular weight excluding hydrogens is 248 g/mol. The van der Waals surface area contributed by atoms with Gasteiger partial charge in [0.05, 0.1) is 32.0 Å². The van der Waals surface area contributed by atoms with E-state index < -0.39 is 25.2 Å². The van der Waals surface area contributed by atoms with Gasteiger partial charge in [-0.05, 0) is 12.8 Å². The first-order chi connectivity index (χ1) is 8.53. The third-order valence-electron chi connectivity index (χ3n) is 2.63. The van der Waals surface area contributed by atoms with Crippen LogP contribution in [0.5, 0.6) is 0 Å². The molecule has 1 heterocycles. The Bertz CT molecular complexity index is 225. The van der Waals surface area contributed by atoms with E-state index in [1.54, 1.807) is 0 Å². The van der Waals surface area contributed by atoms with Gasteiger partial charge in [-0.15, -0.1) is 0 Å². The molecule has 0 saturated carbocycles. The lowest BCUT2D eigenvalue weighted by Gasteiger charge is -2.17. The van der Waals surface area contributed by atoms with E-state index in [0.717, 1.165) is 19.4 Å². The van der Waals surface area contributed by atoms with Gasteiger partial charge in [-0.1, -0.05) is 0 Å². The van der Waals surface area contributed by atoms with Gasteiger partial charge >= 0.3 is 0 Å². The molecule has 3 N–H and O–H groups in total. The Balaban J connectivity index is 1.98. The molecule has 0 aromatic carbocycles. The van der Waals surface area contributed by atoms with Crippen LogP contribution in [-0.4, -0.2) is 67.9 Å². The van der Waals surface area contributed by atoms with E-state index in [1.807, 2.05) is 0 Å². The van der Waals surface area contributed by atoms with E-state index in [4.69, 9.17) is 14.6 Å². The molecule has 1 aliphatic rings. The van der Waals surface area contributed by atoms with Gasteiger partial charge in [0.25, 0.3) is 5.92 Å². The van der Waals surface area contributed by atoms with E-state index in [2.05, 4.69) is 5.32 Å². The van der Waals surface area contributed by atoms with Gasteiger partial charge in [0.2, 0.25) is 0 Å². The van der Waals surface area contributed by atoms with Crippen molar-refractivity contribution in [2.45, 2.75) is 31.0 Å². The number of alkyl halides is 2. The Labute approximate surface area is 105 Å². The molecule has 1 fully saturated rings. The van der Waals surface area contributed by atoms with E-state index in [9.17, 15) is 13.9 Å². The minimum atomic E-state index is -3.15. The number of rotatable bonds is 9. The first kappa shape index (κ1) is 15.7. The van der Waals surface area contributed by atoms with Crippen LogP contribution in [0.4, 0.5) is 8.78 Å². The third-order valence-corrected chi connectivity index (χ3v) is 2.63. The molecule has 18 heavy (non-hydrogen) atoms. The van der Waals surface area contributed by atoms with Gasteiger partial charge in [0.15, 0.2) is 0 Å². The average Bonchev–Trinajstić information content (AvgIpc) is 2.82. The lowest BCUT2D eigenvalue weighted by Crippen LogP contribution is -2.40. The molecule has 0 amide bonds. The highest BCUT2D eigenvalue weighted by Crippen LogP contribution is 2.12. The van der Waals surface area contributed by atoms with Gasteiger partial charge in [-0.25, -0.2) is 8.78 Å². The zero-order chi connectivity index (χ0) is 13.4. The Hall–Kier alpha value is -0.340. The van der Waals surface area contributed by atoms with Crippen molar-refractivity contribution in [3.05, 3.63) is 0 Å². The number of nitrogens with one attached hydrogen (secondary N) is 1. The maximum atomic E-state index is 12.6. The van der Waals surface area contributed by atoms with Gasteiger partial charge < -0.3 is 25.0 Å². The minimum Gasteiger partial charge on any atom is -0.390 e. The summed E-state index contributed by atoms with van der Waals surface area (Å²) in [6, 6.07) is 0. The topological polar surface area (TPSA) is 71.0 Å².